The molecule has 2 heterocycles. The Bertz CT molecular complexity index is 449. The number of rotatable bonds is 4. The van der Waals surface area contributed by atoms with Crippen LogP contribution in [0.5, 0.6) is 0 Å². The van der Waals surface area contributed by atoms with Crippen LogP contribution in [0.15, 0.2) is 11.6 Å². The van der Waals surface area contributed by atoms with Gasteiger partial charge in [-0.05, 0) is 13.3 Å². The van der Waals surface area contributed by atoms with E-state index < -0.39 is 11.9 Å². The monoisotopic (exact) mass is 283 g/mol. The van der Waals surface area contributed by atoms with E-state index in [4.69, 9.17) is 5.11 Å². The molecule has 1 aromatic rings. The number of nitrogens with one attached hydrogen (secondary N) is 1. The Kier molecular flexibility index (Phi) is 4.36. The van der Waals surface area contributed by atoms with Crippen LogP contribution in [0, 0.1) is 5.92 Å². The molecule has 0 aliphatic carbocycles. The molecule has 2 atom stereocenters. The highest BCUT2D eigenvalue weighted by Crippen LogP contribution is 2.24. The first-order chi connectivity index (χ1) is 9.09. The molecule has 1 fully saturated rings. The van der Waals surface area contributed by atoms with Crippen molar-refractivity contribution < 1.29 is 14.7 Å². The van der Waals surface area contributed by atoms with Crippen LogP contribution in [0.25, 0.3) is 0 Å². The Hall–Kier alpha value is -1.63. The summed E-state index contributed by atoms with van der Waals surface area (Å²) in [4.78, 5) is 28.7. The third-order valence-electron chi connectivity index (χ3n) is 3.43. The van der Waals surface area contributed by atoms with Crippen LogP contribution in [-0.2, 0) is 11.2 Å². The zero-order valence-electron chi connectivity index (χ0n) is 10.7. The highest BCUT2D eigenvalue weighted by molar-refractivity contribution is 7.09. The van der Waals surface area contributed by atoms with E-state index in [1.165, 1.54) is 0 Å². The Morgan fingerprint density at radius 2 is 2.42 bits per heavy atom. The number of carbonyl (C=O) groups excluding carboxylic acids is 1. The van der Waals surface area contributed by atoms with Crippen molar-refractivity contribution in [3.63, 3.8) is 0 Å². The molecule has 2 unspecified atom stereocenters. The molecule has 19 heavy (non-hydrogen) atoms. The standard InChI is InChI=1S/C12H17N3O3S/c1-8-9(11(16)17)3-6-15(8)12(18)14-4-2-10-13-5-7-19-10/h5,7-9H,2-4,6H2,1H3,(H,14,18)(H,16,17). The molecule has 0 spiro atoms. The number of hydrogen-bond donors (Lipinski definition) is 2. The van der Waals surface area contributed by atoms with Gasteiger partial charge in [-0.1, -0.05) is 0 Å². The predicted molar refractivity (Wildman–Crippen MR) is 71.1 cm³/mol. The molecule has 104 valence electrons. The van der Waals surface area contributed by atoms with Gasteiger partial charge in [0.05, 0.1) is 10.9 Å². The van der Waals surface area contributed by atoms with E-state index in [0.717, 1.165) is 5.01 Å². The van der Waals surface area contributed by atoms with Crippen LogP contribution in [0.2, 0.25) is 0 Å². The number of carboxylic acids is 1. The molecule has 7 heteroatoms. The third kappa shape index (κ3) is 3.23. The molecule has 1 aliphatic heterocycles. The molecule has 0 radical (unpaired) electrons. The van der Waals surface area contributed by atoms with Crippen molar-refractivity contribution in [2.45, 2.75) is 25.8 Å². The summed E-state index contributed by atoms with van der Waals surface area (Å²) in [6.45, 7) is 2.81. The maximum absolute atomic E-state index is 12.0. The van der Waals surface area contributed by atoms with Crippen molar-refractivity contribution >= 4 is 23.3 Å². The fourth-order valence-electron chi connectivity index (χ4n) is 2.31. The van der Waals surface area contributed by atoms with Gasteiger partial charge >= 0.3 is 12.0 Å². The number of aliphatic carboxylic acids is 1. The molecular weight excluding hydrogens is 266 g/mol. The van der Waals surface area contributed by atoms with Gasteiger partial charge in [0, 0.05) is 37.1 Å². The lowest BCUT2D eigenvalue weighted by atomic mass is 10.0. The van der Waals surface area contributed by atoms with Gasteiger partial charge in [-0.15, -0.1) is 11.3 Å². The lowest BCUT2D eigenvalue weighted by Crippen LogP contribution is -2.44. The van der Waals surface area contributed by atoms with Gasteiger partial charge in [-0.3, -0.25) is 4.79 Å². The van der Waals surface area contributed by atoms with E-state index in [9.17, 15) is 9.59 Å². The molecule has 2 N–H and O–H groups in total. The molecule has 0 saturated carbocycles. The molecule has 2 rings (SSSR count). The van der Waals surface area contributed by atoms with E-state index in [0.29, 0.717) is 25.9 Å². The molecule has 1 aromatic heterocycles. The summed E-state index contributed by atoms with van der Waals surface area (Å²) in [6.07, 6.45) is 2.96. The Labute approximate surface area is 115 Å². The first kappa shape index (κ1) is 13.8. The SMILES string of the molecule is CC1C(C(=O)O)CCN1C(=O)NCCc1nccs1. The largest absolute Gasteiger partial charge is 0.481 e. The quantitative estimate of drug-likeness (QED) is 0.869. The Morgan fingerprint density at radius 1 is 1.63 bits per heavy atom. The number of thiazole rings is 1. The second-order valence-corrected chi connectivity index (χ2v) is 5.55. The molecule has 1 saturated heterocycles. The van der Waals surface area contributed by atoms with Crippen molar-refractivity contribution in [3.8, 4) is 0 Å². The summed E-state index contributed by atoms with van der Waals surface area (Å²) in [6, 6.07) is -0.440. The van der Waals surface area contributed by atoms with Gasteiger partial charge in [0.15, 0.2) is 0 Å². The zero-order chi connectivity index (χ0) is 13.8. The lowest BCUT2D eigenvalue weighted by molar-refractivity contribution is -0.142. The predicted octanol–water partition coefficient (Wildman–Crippen LogP) is 1.19. The molecule has 6 nitrogen and oxygen atoms in total. The number of nitrogens with zero attached hydrogens (tertiary/aromatic N) is 2. The van der Waals surface area contributed by atoms with E-state index >= 15 is 0 Å². The second-order valence-electron chi connectivity index (χ2n) is 4.58. The van der Waals surface area contributed by atoms with Crippen molar-refractivity contribution in [1.29, 1.82) is 0 Å². The van der Waals surface area contributed by atoms with E-state index in [1.807, 2.05) is 5.38 Å². The molecular formula is C12H17N3O3S. The third-order valence-corrected chi connectivity index (χ3v) is 4.27. The minimum absolute atomic E-state index is 0.187. The normalized spacial score (nSPS) is 22.5. The zero-order valence-corrected chi connectivity index (χ0v) is 11.5. The first-order valence-corrected chi connectivity index (χ1v) is 7.13. The number of likely N-dealkylation sites (tertiary alicyclic amines) is 1. The molecule has 0 bridgehead atoms. The van der Waals surface area contributed by atoms with Gasteiger partial charge in [-0.2, -0.15) is 0 Å². The highest BCUT2D eigenvalue weighted by Gasteiger charge is 2.37. The average molecular weight is 283 g/mol. The number of hydrogen-bond acceptors (Lipinski definition) is 4. The molecule has 1 aliphatic rings. The minimum atomic E-state index is -0.828. The summed E-state index contributed by atoms with van der Waals surface area (Å²) in [5.74, 6) is -1.28. The van der Waals surface area contributed by atoms with Crippen molar-refractivity contribution in [2.24, 2.45) is 5.92 Å². The van der Waals surface area contributed by atoms with Crippen LogP contribution in [0.4, 0.5) is 4.79 Å². The van der Waals surface area contributed by atoms with E-state index in [2.05, 4.69) is 10.3 Å². The topological polar surface area (TPSA) is 82.5 Å². The number of aromatic nitrogens is 1. The van der Waals surface area contributed by atoms with E-state index in [1.54, 1.807) is 29.4 Å². The van der Waals surface area contributed by atoms with Crippen LogP contribution in [0.3, 0.4) is 0 Å². The van der Waals surface area contributed by atoms with Crippen molar-refractivity contribution in [3.05, 3.63) is 16.6 Å². The highest BCUT2D eigenvalue weighted by atomic mass is 32.1. The number of urea groups is 1. The van der Waals surface area contributed by atoms with Gasteiger partial charge < -0.3 is 15.3 Å². The smallest absolute Gasteiger partial charge is 0.317 e. The Morgan fingerprint density at radius 3 is 3.00 bits per heavy atom. The van der Waals surface area contributed by atoms with Crippen LogP contribution < -0.4 is 5.32 Å². The first-order valence-electron chi connectivity index (χ1n) is 6.25. The van der Waals surface area contributed by atoms with Gasteiger partial charge in [-0.25, -0.2) is 9.78 Å². The van der Waals surface area contributed by atoms with Crippen LogP contribution in [0.1, 0.15) is 18.4 Å². The second kappa shape index (κ2) is 6.01. The maximum Gasteiger partial charge on any atom is 0.317 e. The fourth-order valence-corrected chi connectivity index (χ4v) is 2.93. The summed E-state index contributed by atoms with van der Waals surface area (Å²) in [5, 5.41) is 14.7. The van der Waals surface area contributed by atoms with Crippen LogP contribution >= 0.6 is 11.3 Å². The van der Waals surface area contributed by atoms with Gasteiger partial charge in [0.2, 0.25) is 0 Å². The van der Waals surface area contributed by atoms with Gasteiger partial charge in [0.1, 0.15) is 0 Å². The van der Waals surface area contributed by atoms with E-state index in [-0.39, 0.29) is 12.1 Å². The summed E-state index contributed by atoms with van der Waals surface area (Å²) >= 11 is 1.56. The molecule has 0 aromatic carbocycles. The summed E-state index contributed by atoms with van der Waals surface area (Å²) in [7, 11) is 0. The fraction of sp³-hybridized carbons (Fsp3) is 0.583. The molecule has 2 amide bonds. The Balaban J connectivity index is 1.79. The minimum Gasteiger partial charge on any atom is -0.481 e. The number of amides is 2. The van der Waals surface area contributed by atoms with Crippen molar-refractivity contribution in [1.82, 2.24) is 15.2 Å². The number of carbonyl (C=O) groups is 2. The average Bonchev–Trinajstić information content (AvgIpc) is 2.98. The van der Waals surface area contributed by atoms with Crippen LogP contribution in [-0.4, -0.2) is 46.1 Å². The number of carboxylic acid groups (broad SMARTS) is 1. The lowest BCUT2D eigenvalue weighted by Gasteiger charge is -2.23. The summed E-state index contributed by atoms with van der Waals surface area (Å²) < 4.78 is 0. The van der Waals surface area contributed by atoms with Crippen molar-refractivity contribution in [2.75, 3.05) is 13.1 Å². The summed E-state index contributed by atoms with van der Waals surface area (Å²) in [5.41, 5.74) is 0. The maximum atomic E-state index is 12.0. The van der Waals surface area contributed by atoms with Gasteiger partial charge in [0.25, 0.3) is 0 Å².